The Morgan fingerprint density at radius 3 is 2.69 bits per heavy atom. The number of rotatable bonds is 4. The fourth-order valence-electron chi connectivity index (χ4n) is 2.64. The van der Waals surface area contributed by atoms with E-state index in [1.165, 1.54) is 4.80 Å². The highest BCUT2D eigenvalue weighted by Gasteiger charge is 2.12. The molecule has 0 aliphatic carbocycles. The molecule has 4 rings (SSSR count). The van der Waals surface area contributed by atoms with Gasteiger partial charge in [0.05, 0.1) is 12.8 Å². The summed E-state index contributed by atoms with van der Waals surface area (Å²) in [6.07, 6.45) is 1.68. The van der Waals surface area contributed by atoms with E-state index < -0.39 is 0 Å². The van der Waals surface area contributed by atoms with Gasteiger partial charge in [0.1, 0.15) is 17.2 Å². The van der Waals surface area contributed by atoms with Gasteiger partial charge in [-0.25, -0.2) is 0 Å². The molecular weight excluding hydrogens is 330 g/mol. The van der Waals surface area contributed by atoms with Crippen LogP contribution >= 0.6 is 0 Å². The minimum absolute atomic E-state index is 0.201. The Kier molecular flexibility index (Phi) is 4.03. The second-order valence-corrected chi connectivity index (χ2v) is 5.55. The van der Waals surface area contributed by atoms with Gasteiger partial charge in [-0.2, -0.15) is 0 Å². The molecule has 1 N–H and O–H groups in total. The first-order chi connectivity index (χ1) is 12.7. The molecule has 7 nitrogen and oxygen atoms in total. The van der Waals surface area contributed by atoms with E-state index in [4.69, 9.17) is 4.74 Å². The summed E-state index contributed by atoms with van der Waals surface area (Å²) in [6.45, 7) is 0. The van der Waals surface area contributed by atoms with Crippen LogP contribution in [-0.2, 0) is 0 Å². The molecule has 0 radical (unpaired) electrons. The lowest BCUT2D eigenvalue weighted by molar-refractivity contribution is 0.416. The number of methoxy groups -OCH3 is 1. The smallest absolute Gasteiger partial charge is 0.223 e. The summed E-state index contributed by atoms with van der Waals surface area (Å²) in [6, 6.07) is 18.1. The van der Waals surface area contributed by atoms with E-state index in [2.05, 4.69) is 20.4 Å². The molecule has 0 atom stereocenters. The maximum Gasteiger partial charge on any atom is 0.223 e. The van der Waals surface area contributed by atoms with Crippen molar-refractivity contribution in [3.63, 3.8) is 0 Å². The van der Waals surface area contributed by atoms with E-state index in [0.717, 1.165) is 11.1 Å². The SMILES string of the molecule is COc1cc(-n2nnc(-c3ccccn3)n2)ccc1-c1cccc(O)c1. The number of benzene rings is 2. The first-order valence-corrected chi connectivity index (χ1v) is 7.94. The number of hydrogen-bond donors (Lipinski definition) is 1. The Morgan fingerprint density at radius 2 is 1.92 bits per heavy atom. The Bertz CT molecular complexity index is 1050. The molecule has 0 aliphatic heterocycles. The van der Waals surface area contributed by atoms with Crippen LogP contribution in [-0.4, -0.2) is 37.4 Å². The van der Waals surface area contributed by atoms with E-state index in [0.29, 0.717) is 23.0 Å². The molecule has 0 spiro atoms. The zero-order chi connectivity index (χ0) is 17.9. The fourth-order valence-corrected chi connectivity index (χ4v) is 2.64. The van der Waals surface area contributed by atoms with Crippen molar-refractivity contribution in [3.05, 3.63) is 66.9 Å². The van der Waals surface area contributed by atoms with Crippen molar-refractivity contribution < 1.29 is 9.84 Å². The number of pyridine rings is 1. The standard InChI is InChI=1S/C19H15N5O2/c1-26-18-12-14(8-9-16(18)13-5-4-6-15(25)11-13)24-22-19(21-23-24)17-7-2-3-10-20-17/h2-12,25H,1H3. The average Bonchev–Trinajstić information content (AvgIpc) is 3.18. The van der Waals surface area contributed by atoms with Crippen LogP contribution in [0.2, 0.25) is 0 Å². The lowest BCUT2D eigenvalue weighted by atomic mass is 10.0. The van der Waals surface area contributed by atoms with E-state index >= 15 is 0 Å². The molecular formula is C19H15N5O2. The summed E-state index contributed by atoms with van der Waals surface area (Å²) >= 11 is 0. The van der Waals surface area contributed by atoms with Gasteiger partial charge in [-0.3, -0.25) is 4.98 Å². The van der Waals surface area contributed by atoms with Crippen molar-refractivity contribution in [2.45, 2.75) is 0 Å². The van der Waals surface area contributed by atoms with Crippen molar-refractivity contribution in [2.24, 2.45) is 0 Å². The lowest BCUT2D eigenvalue weighted by Gasteiger charge is -2.10. The number of ether oxygens (including phenoxy) is 1. The van der Waals surface area contributed by atoms with Gasteiger partial charge in [0.25, 0.3) is 0 Å². The highest BCUT2D eigenvalue weighted by atomic mass is 16.5. The summed E-state index contributed by atoms with van der Waals surface area (Å²) in [5.41, 5.74) is 3.08. The topological polar surface area (TPSA) is 86.0 Å². The second kappa shape index (κ2) is 6.64. The number of aromatic nitrogens is 5. The largest absolute Gasteiger partial charge is 0.508 e. The van der Waals surface area contributed by atoms with Crippen LogP contribution in [0.5, 0.6) is 11.5 Å². The van der Waals surface area contributed by atoms with Crippen molar-refractivity contribution in [3.8, 4) is 39.8 Å². The third-order valence-electron chi connectivity index (χ3n) is 3.88. The fraction of sp³-hybridized carbons (Fsp3) is 0.0526. The molecule has 0 unspecified atom stereocenters. The van der Waals surface area contributed by atoms with Crippen molar-refractivity contribution >= 4 is 0 Å². The normalized spacial score (nSPS) is 10.7. The third kappa shape index (κ3) is 2.98. The van der Waals surface area contributed by atoms with E-state index in [1.54, 1.807) is 31.5 Å². The Hall–Kier alpha value is -3.74. The van der Waals surface area contributed by atoms with Crippen molar-refractivity contribution in [2.75, 3.05) is 7.11 Å². The Labute approximate surface area is 149 Å². The number of aromatic hydroxyl groups is 1. The summed E-state index contributed by atoms with van der Waals surface area (Å²) < 4.78 is 5.51. The van der Waals surface area contributed by atoms with E-state index in [9.17, 15) is 5.11 Å². The maximum atomic E-state index is 9.70. The number of phenolic OH excluding ortho intramolecular Hbond substituents is 1. The molecule has 2 heterocycles. The van der Waals surface area contributed by atoms with Crippen LogP contribution in [0.1, 0.15) is 0 Å². The van der Waals surface area contributed by atoms with Crippen LogP contribution in [0.3, 0.4) is 0 Å². The monoisotopic (exact) mass is 345 g/mol. The lowest BCUT2D eigenvalue weighted by Crippen LogP contribution is -2.00. The van der Waals surface area contributed by atoms with Gasteiger partial charge in [-0.05, 0) is 47.2 Å². The van der Waals surface area contributed by atoms with Crippen molar-refractivity contribution in [1.29, 1.82) is 0 Å². The van der Waals surface area contributed by atoms with Crippen LogP contribution in [0.15, 0.2) is 66.9 Å². The highest BCUT2D eigenvalue weighted by Crippen LogP contribution is 2.33. The van der Waals surface area contributed by atoms with Gasteiger partial charge in [-0.1, -0.05) is 18.2 Å². The summed E-state index contributed by atoms with van der Waals surface area (Å²) in [5.74, 6) is 1.29. The molecule has 4 aromatic rings. The number of phenols is 1. The zero-order valence-electron chi connectivity index (χ0n) is 13.9. The third-order valence-corrected chi connectivity index (χ3v) is 3.88. The van der Waals surface area contributed by atoms with E-state index in [1.807, 2.05) is 42.5 Å². The molecule has 0 bridgehead atoms. The predicted molar refractivity (Wildman–Crippen MR) is 96.0 cm³/mol. The van der Waals surface area contributed by atoms with Gasteiger partial charge < -0.3 is 9.84 Å². The maximum absolute atomic E-state index is 9.70. The average molecular weight is 345 g/mol. The highest BCUT2D eigenvalue weighted by molar-refractivity contribution is 5.73. The van der Waals surface area contributed by atoms with Gasteiger partial charge >= 0.3 is 0 Å². The Morgan fingerprint density at radius 1 is 1.00 bits per heavy atom. The first-order valence-electron chi connectivity index (χ1n) is 7.94. The quantitative estimate of drug-likeness (QED) is 0.612. The summed E-state index contributed by atoms with van der Waals surface area (Å²) in [5, 5.41) is 22.2. The Balaban J connectivity index is 1.72. The van der Waals surface area contributed by atoms with E-state index in [-0.39, 0.29) is 5.75 Å². The molecule has 0 saturated carbocycles. The molecule has 0 saturated heterocycles. The van der Waals surface area contributed by atoms with Gasteiger partial charge in [-0.15, -0.1) is 15.0 Å². The molecule has 2 aromatic carbocycles. The zero-order valence-corrected chi connectivity index (χ0v) is 13.9. The molecule has 7 heteroatoms. The summed E-state index contributed by atoms with van der Waals surface area (Å²) in [7, 11) is 1.60. The molecule has 0 fully saturated rings. The van der Waals surface area contributed by atoms with Crippen LogP contribution < -0.4 is 4.74 Å². The molecule has 128 valence electrons. The van der Waals surface area contributed by atoms with Gasteiger partial charge in [0.2, 0.25) is 5.82 Å². The van der Waals surface area contributed by atoms with Crippen LogP contribution in [0, 0.1) is 0 Å². The molecule has 0 aliphatic rings. The second-order valence-electron chi connectivity index (χ2n) is 5.55. The minimum Gasteiger partial charge on any atom is -0.508 e. The summed E-state index contributed by atoms with van der Waals surface area (Å²) in [4.78, 5) is 5.65. The molecule has 26 heavy (non-hydrogen) atoms. The number of tetrazole rings is 1. The predicted octanol–water partition coefficient (Wildman–Crippen LogP) is 3.11. The van der Waals surface area contributed by atoms with Gasteiger partial charge in [0, 0.05) is 17.8 Å². The minimum atomic E-state index is 0.201. The van der Waals surface area contributed by atoms with Crippen LogP contribution in [0.25, 0.3) is 28.3 Å². The number of hydrogen-bond acceptors (Lipinski definition) is 6. The molecule has 2 aromatic heterocycles. The molecule has 0 amide bonds. The van der Waals surface area contributed by atoms with Crippen molar-refractivity contribution in [1.82, 2.24) is 25.2 Å². The number of nitrogens with zero attached hydrogens (tertiary/aromatic N) is 5. The van der Waals surface area contributed by atoms with Crippen LogP contribution in [0.4, 0.5) is 0 Å². The first kappa shape index (κ1) is 15.8. The van der Waals surface area contributed by atoms with Gasteiger partial charge in [0.15, 0.2) is 0 Å².